The Morgan fingerprint density at radius 1 is 0.806 bits per heavy atom. The van der Waals surface area contributed by atoms with Crippen molar-refractivity contribution < 1.29 is 24.1 Å². The number of aliphatic hydroxyl groups is 1. The second-order valence-corrected chi connectivity index (χ2v) is 9.05. The summed E-state index contributed by atoms with van der Waals surface area (Å²) in [6.07, 6.45) is 0. The third-order valence-corrected chi connectivity index (χ3v) is 6.38. The summed E-state index contributed by atoms with van der Waals surface area (Å²) in [6, 6.07) is 9.81. The molecule has 164 valence electrons. The molecule has 1 atom stereocenters. The zero-order chi connectivity index (χ0) is 22.7. The molecule has 3 aromatic carbocycles. The standard InChI is InChI=1S/C26H30O5/c1-14-12-16-20(18(13-14)29-6)21-22(26(16,27)25(2,3)4)24(31-8)19-15(23(21)30-7)10-9-11-17(19)28-5/h9-13,27H,1-8H3. The van der Waals surface area contributed by atoms with Crippen LogP contribution in [0.15, 0.2) is 30.3 Å². The molecule has 1 N–H and O–H groups in total. The minimum Gasteiger partial charge on any atom is -0.496 e. The molecule has 0 aliphatic heterocycles. The summed E-state index contributed by atoms with van der Waals surface area (Å²) in [4.78, 5) is 0. The van der Waals surface area contributed by atoms with Crippen LogP contribution in [0, 0.1) is 12.3 Å². The maximum Gasteiger partial charge on any atom is 0.137 e. The van der Waals surface area contributed by atoms with Gasteiger partial charge < -0.3 is 24.1 Å². The van der Waals surface area contributed by atoms with E-state index in [1.807, 2.05) is 58.0 Å². The first kappa shape index (κ1) is 21.3. The van der Waals surface area contributed by atoms with E-state index in [0.717, 1.165) is 33.0 Å². The van der Waals surface area contributed by atoms with Crippen LogP contribution in [-0.4, -0.2) is 33.5 Å². The number of fused-ring (bicyclic) bond motifs is 4. The average molecular weight is 423 g/mol. The lowest BCUT2D eigenvalue weighted by molar-refractivity contribution is -0.0235. The van der Waals surface area contributed by atoms with E-state index in [-0.39, 0.29) is 0 Å². The van der Waals surface area contributed by atoms with Gasteiger partial charge in [0, 0.05) is 27.6 Å². The molecular weight excluding hydrogens is 392 g/mol. The van der Waals surface area contributed by atoms with E-state index in [4.69, 9.17) is 18.9 Å². The predicted molar refractivity (Wildman–Crippen MR) is 123 cm³/mol. The van der Waals surface area contributed by atoms with Crippen molar-refractivity contribution in [1.82, 2.24) is 0 Å². The van der Waals surface area contributed by atoms with Crippen LogP contribution in [0.3, 0.4) is 0 Å². The highest BCUT2D eigenvalue weighted by atomic mass is 16.5. The fourth-order valence-corrected chi connectivity index (χ4v) is 4.98. The van der Waals surface area contributed by atoms with Crippen molar-refractivity contribution >= 4 is 10.8 Å². The van der Waals surface area contributed by atoms with Crippen LogP contribution >= 0.6 is 0 Å². The molecule has 0 spiro atoms. The van der Waals surface area contributed by atoms with Gasteiger partial charge >= 0.3 is 0 Å². The van der Waals surface area contributed by atoms with Gasteiger partial charge in [-0.2, -0.15) is 0 Å². The smallest absolute Gasteiger partial charge is 0.137 e. The van der Waals surface area contributed by atoms with Gasteiger partial charge in [-0.05, 0) is 30.0 Å². The second-order valence-electron chi connectivity index (χ2n) is 9.05. The molecule has 0 radical (unpaired) electrons. The molecule has 0 saturated carbocycles. The summed E-state index contributed by atoms with van der Waals surface area (Å²) in [5, 5.41) is 14.1. The molecule has 1 aliphatic rings. The number of hydrogen-bond acceptors (Lipinski definition) is 5. The SMILES string of the molecule is COc1cc(C)cc2c1-c1c(c(OC)c3c(OC)cccc3c1OC)C2(O)C(C)(C)C. The zero-order valence-corrected chi connectivity index (χ0v) is 19.5. The lowest BCUT2D eigenvalue weighted by Crippen LogP contribution is -2.39. The fraction of sp³-hybridized carbons (Fsp3) is 0.385. The third kappa shape index (κ3) is 2.66. The van der Waals surface area contributed by atoms with Crippen LogP contribution in [-0.2, 0) is 5.60 Å². The largest absolute Gasteiger partial charge is 0.496 e. The molecule has 0 saturated heterocycles. The molecule has 5 nitrogen and oxygen atoms in total. The van der Waals surface area contributed by atoms with Gasteiger partial charge in [-0.15, -0.1) is 0 Å². The summed E-state index contributed by atoms with van der Waals surface area (Å²) < 4.78 is 23.5. The first-order valence-electron chi connectivity index (χ1n) is 10.3. The third-order valence-electron chi connectivity index (χ3n) is 6.38. The predicted octanol–water partition coefficient (Wildman–Crippen LogP) is 5.45. The Morgan fingerprint density at radius 2 is 1.45 bits per heavy atom. The van der Waals surface area contributed by atoms with Crippen molar-refractivity contribution in [3.05, 3.63) is 47.0 Å². The summed E-state index contributed by atoms with van der Waals surface area (Å²) in [7, 11) is 6.56. The van der Waals surface area contributed by atoms with Crippen LogP contribution in [0.25, 0.3) is 21.9 Å². The number of rotatable bonds is 4. The first-order chi connectivity index (χ1) is 14.6. The van der Waals surface area contributed by atoms with Crippen LogP contribution in [0.5, 0.6) is 23.0 Å². The van der Waals surface area contributed by atoms with E-state index in [9.17, 15) is 5.11 Å². The van der Waals surface area contributed by atoms with Crippen LogP contribution in [0.4, 0.5) is 0 Å². The number of methoxy groups -OCH3 is 4. The van der Waals surface area contributed by atoms with E-state index < -0.39 is 11.0 Å². The van der Waals surface area contributed by atoms with Crippen molar-refractivity contribution in [1.29, 1.82) is 0 Å². The van der Waals surface area contributed by atoms with Crippen LogP contribution < -0.4 is 18.9 Å². The van der Waals surface area contributed by atoms with Gasteiger partial charge in [-0.3, -0.25) is 0 Å². The molecule has 5 heteroatoms. The minimum atomic E-state index is -1.34. The van der Waals surface area contributed by atoms with Crippen molar-refractivity contribution in [2.75, 3.05) is 28.4 Å². The molecule has 0 heterocycles. The van der Waals surface area contributed by atoms with Crippen molar-refractivity contribution in [2.45, 2.75) is 33.3 Å². The van der Waals surface area contributed by atoms with Gasteiger partial charge in [0.2, 0.25) is 0 Å². The van der Waals surface area contributed by atoms with Gasteiger partial charge in [0.25, 0.3) is 0 Å². The second kappa shape index (κ2) is 7.06. The highest BCUT2D eigenvalue weighted by Crippen LogP contribution is 2.65. The molecule has 0 bridgehead atoms. The molecule has 31 heavy (non-hydrogen) atoms. The van der Waals surface area contributed by atoms with Crippen molar-refractivity contribution in [3.63, 3.8) is 0 Å². The van der Waals surface area contributed by atoms with E-state index in [0.29, 0.717) is 28.6 Å². The monoisotopic (exact) mass is 422 g/mol. The Kier molecular flexibility index (Phi) is 4.85. The topological polar surface area (TPSA) is 57.2 Å². The minimum absolute atomic E-state index is 0.556. The molecule has 1 aliphatic carbocycles. The summed E-state index contributed by atoms with van der Waals surface area (Å²) in [5.74, 6) is 2.59. The van der Waals surface area contributed by atoms with Gasteiger partial charge in [0.15, 0.2) is 0 Å². The maximum absolute atomic E-state index is 12.5. The Hall–Kier alpha value is -2.92. The summed E-state index contributed by atoms with van der Waals surface area (Å²) in [5.41, 5.74) is 2.20. The van der Waals surface area contributed by atoms with Gasteiger partial charge in [0.1, 0.15) is 28.6 Å². The van der Waals surface area contributed by atoms with Crippen LogP contribution in [0.1, 0.15) is 37.5 Å². The zero-order valence-electron chi connectivity index (χ0n) is 19.5. The Morgan fingerprint density at radius 3 is 2.00 bits per heavy atom. The highest BCUT2D eigenvalue weighted by molar-refractivity contribution is 6.08. The van der Waals surface area contributed by atoms with Crippen LogP contribution in [0.2, 0.25) is 0 Å². The molecule has 0 aromatic heterocycles. The number of benzene rings is 3. The number of hydrogen-bond donors (Lipinski definition) is 1. The van der Waals surface area contributed by atoms with E-state index >= 15 is 0 Å². The van der Waals surface area contributed by atoms with Gasteiger partial charge in [-0.25, -0.2) is 0 Å². The lowest BCUT2D eigenvalue weighted by atomic mass is 9.70. The van der Waals surface area contributed by atoms with Gasteiger partial charge in [-0.1, -0.05) is 39.0 Å². The quantitative estimate of drug-likeness (QED) is 0.606. The fourth-order valence-electron chi connectivity index (χ4n) is 4.98. The average Bonchev–Trinajstić information content (AvgIpc) is 3.01. The normalized spacial score (nSPS) is 17.3. The molecule has 0 amide bonds. The van der Waals surface area contributed by atoms with E-state index in [2.05, 4.69) is 0 Å². The Balaban J connectivity index is 2.36. The summed E-state index contributed by atoms with van der Waals surface area (Å²) >= 11 is 0. The molecular formula is C26H30O5. The van der Waals surface area contributed by atoms with E-state index in [1.165, 1.54) is 0 Å². The molecule has 3 aromatic rings. The van der Waals surface area contributed by atoms with Gasteiger partial charge in [0.05, 0.1) is 33.8 Å². The molecule has 0 fully saturated rings. The lowest BCUT2D eigenvalue weighted by Gasteiger charge is -2.40. The molecule has 4 rings (SSSR count). The number of ether oxygens (including phenoxy) is 4. The first-order valence-corrected chi connectivity index (χ1v) is 10.3. The number of aryl methyl sites for hydroxylation is 1. The Labute approximate surface area is 183 Å². The highest BCUT2D eigenvalue weighted by Gasteiger charge is 2.54. The molecule has 1 unspecified atom stereocenters. The van der Waals surface area contributed by atoms with Crippen molar-refractivity contribution in [3.8, 4) is 34.1 Å². The summed E-state index contributed by atoms with van der Waals surface area (Å²) in [6.45, 7) is 8.08. The van der Waals surface area contributed by atoms with Crippen molar-refractivity contribution in [2.24, 2.45) is 5.41 Å². The maximum atomic E-state index is 12.5. The Bertz CT molecular complexity index is 1190. The van der Waals surface area contributed by atoms with E-state index in [1.54, 1.807) is 28.4 Å².